The van der Waals surface area contributed by atoms with Crippen LogP contribution in [0.4, 0.5) is 0 Å². The fourth-order valence-electron chi connectivity index (χ4n) is 2.75. The predicted octanol–water partition coefficient (Wildman–Crippen LogP) is 2.42. The number of halogens is 1. The van der Waals surface area contributed by atoms with Crippen LogP contribution >= 0.6 is 11.6 Å². The minimum Gasteiger partial charge on any atom is -0.356 e. The maximum absolute atomic E-state index is 12.4. The molecule has 0 saturated carbocycles. The van der Waals surface area contributed by atoms with Crippen molar-refractivity contribution in [3.8, 4) is 0 Å². The Morgan fingerprint density at radius 3 is 3.15 bits per heavy atom. The number of hydrogen-bond donors (Lipinski definition) is 1. The standard InChI is InChI=1S/C14H17ClN4O/c15-12-6-13(17-7-12)14(20)19-4-1-2-11(9-19)8-18-5-3-16-10-18/h3,5-7,10-11,17H,1-2,4,8-9H2/t11-/m1/s1. The van der Waals surface area contributed by atoms with E-state index in [2.05, 4.69) is 14.5 Å². The van der Waals surface area contributed by atoms with Gasteiger partial charge in [-0.25, -0.2) is 4.98 Å². The molecule has 0 unspecified atom stereocenters. The highest BCUT2D eigenvalue weighted by molar-refractivity contribution is 6.30. The summed E-state index contributed by atoms with van der Waals surface area (Å²) >= 11 is 5.85. The number of imidazole rings is 1. The Morgan fingerprint density at radius 1 is 1.55 bits per heavy atom. The van der Waals surface area contributed by atoms with Crippen LogP contribution in [0.15, 0.2) is 31.0 Å². The van der Waals surface area contributed by atoms with Gasteiger partial charge in [-0.15, -0.1) is 0 Å². The van der Waals surface area contributed by atoms with Crippen LogP contribution in [0.25, 0.3) is 0 Å². The van der Waals surface area contributed by atoms with Crippen LogP contribution in [0.3, 0.4) is 0 Å². The fourth-order valence-corrected chi connectivity index (χ4v) is 2.92. The van der Waals surface area contributed by atoms with E-state index in [1.165, 1.54) is 0 Å². The maximum atomic E-state index is 12.4. The van der Waals surface area contributed by atoms with Crippen LogP contribution in [0.1, 0.15) is 23.3 Å². The molecule has 0 aromatic carbocycles. The number of H-pyrrole nitrogens is 1. The first-order valence-corrected chi connectivity index (χ1v) is 7.19. The number of piperidine rings is 1. The zero-order chi connectivity index (χ0) is 13.9. The summed E-state index contributed by atoms with van der Waals surface area (Å²) in [5.74, 6) is 0.513. The summed E-state index contributed by atoms with van der Waals surface area (Å²) in [6.07, 6.45) is 9.40. The molecular weight excluding hydrogens is 276 g/mol. The third kappa shape index (κ3) is 2.88. The molecule has 20 heavy (non-hydrogen) atoms. The van der Waals surface area contributed by atoms with E-state index in [0.717, 1.165) is 32.5 Å². The number of carbonyl (C=O) groups excluding carboxylic acids is 1. The summed E-state index contributed by atoms with van der Waals surface area (Å²) in [5, 5.41) is 0.570. The molecule has 1 saturated heterocycles. The number of likely N-dealkylation sites (tertiary alicyclic amines) is 1. The molecule has 1 amide bonds. The molecule has 106 valence electrons. The molecule has 5 nitrogen and oxygen atoms in total. The van der Waals surface area contributed by atoms with Gasteiger partial charge in [0.05, 0.1) is 11.3 Å². The Kier molecular flexibility index (Phi) is 3.78. The minimum absolute atomic E-state index is 0.0345. The predicted molar refractivity (Wildman–Crippen MR) is 76.7 cm³/mol. The van der Waals surface area contributed by atoms with Crippen LogP contribution < -0.4 is 0 Å². The smallest absolute Gasteiger partial charge is 0.270 e. The van der Waals surface area contributed by atoms with E-state index in [1.54, 1.807) is 18.5 Å². The molecule has 0 aliphatic carbocycles. The van der Waals surface area contributed by atoms with Gasteiger partial charge < -0.3 is 14.5 Å². The lowest BCUT2D eigenvalue weighted by atomic mass is 9.97. The third-order valence-corrected chi connectivity index (χ3v) is 3.93. The first-order valence-electron chi connectivity index (χ1n) is 6.81. The topological polar surface area (TPSA) is 53.9 Å². The molecular formula is C14H17ClN4O. The minimum atomic E-state index is 0.0345. The lowest BCUT2D eigenvalue weighted by Crippen LogP contribution is -2.41. The van der Waals surface area contributed by atoms with Gasteiger partial charge in [0.15, 0.2) is 0 Å². The maximum Gasteiger partial charge on any atom is 0.270 e. The number of aromatic amines is 1. The SMILES string of the molecule is O=C(c1cc(Cl)c[nH]1)N1CCC[C@H](Cn2ccnc2)C1. The van der Waals surface area contributed by atoms with Crippen molar-refractivity contribution in [1.29, 1.82) is 0 Å². The van der Waals surface area contributed by atoms with Crippen molar-refractivity contribution < 1.29 is 4.79 Å². The van der Waals surface area contributed by atoms with Crippen molar-refractivity contribution in [2.75, 3.05) is 13.1 Å². The molecule has 1 atom stereocenters. The van der Waals surface area contributed by atoms with E-state index >= 15 is 0 Å². The first-order chi connectivity index (χ1) is 9.72. The number of carbonyl (C=O) groups is 1. The van der Waals surface area contributed by atoms with Crippen LogP contribution in [-0.4, -0.2) is 38.4 Å². The molecule has 1 fully saturated rings. The van der Waals surface area contributed by atoms with Gasteiger partial charge in [-0.3, -0.25) is 4.79 Å². The second kappa shape index (κ2) is 5.71. The highest BCUT2D eigenvalue weighted by Crippen LogP contribution is 2.20. The summed E-state index contributed by atoms with van der Waals surface area (Å²) in [6.45, 7) is 2.51. The average Bonchev–Trinajstić information content (AvgIpc) is 3.10. The molecule has 6 heteroatoms. The molecule has 3 rings (SSSR count). The van der Waals surface area contributed by atoms with Crippen LogP contribution in [0.2, 0.25) is 5.02 Å². The van der Waals surface area contributed by atoms with E-state index in [4.69, 9.17) is 11.6 Å². The number of rotatable bonds is 3. The zero-order valence-electron chi connectivity index (χ0n) is 11.1. The number of nitrogens with zero attached hydrogens (tertiary/aromatic N) is 3. The molecule has 0 bridgehead atoms. The van der Waals surface area contributed by atoms with Crippen molar-refractivity contribution in [2.45, 2.75) is 19.4 Å². The largest absolute Gasteiger partial charge is 0.356 e. The lowest BCUT2D eigenvalue weighted by Gasteiger charge is -2.32. The van der Waals surface area contributed by atoms with Crippen molar-refractivity contribution in [3.63, 3.8) is 0 Å². The monoisotopic (exact) mass is 292 g/mol. The highest BCUT2D eigenvalue weighted by atomic mass is 35.5. The van der Waals surface area contributed by atoms with Crippen LogP contribution in [-0.2, 0) is 6.54 Å². The van der Waals surface area contributed by atoms with E-state index in [1.807, 2.05) is 17.4 Å². The molecule has 0 spiro atoms. The van der Waals surface area contributed by atoms with Crippen molar-refractivity contribution in [1.82, 2.24) is 19.4 Å². The number of aromatic nitrogens is 3. The van der Waals surface area contributed by atoms with Gasteiger partial charge >= 0.3 is 0 Å². The second-order valence-electron chi connectivity index (χ2n) is 5.25. The summed E-state index contributed by atoms with van der Waals surface area (Å²) in [6, 6.07) is 1.68. The third-order valence-electron chi connectivity index (χ3n) is 3.71. The fraction of sp³-hybridized carbons (Fsp3) is 0.429. The van der Waals surface area contributed by atoms with Gasteiger partial charge in [-0.1, -0.05) is 11.6 Å². The van der Waals surface area contributed by atoms with Gasteiger partial charge in [0.1, 0.15) is 5.69 Å². The van der Waals surface area contributed by atoms with Crippen LogP contribution in [0, 0.1) is 5.92 Å². The Labute approximate surface area is 122 Å². The van der Waals surface area contributed by atoms with Gasteiger partial charge in [-0.2, -0.15) is 0 Å². The molecule has 2 aromatic heterocycles. The Morgan fingerprint density at radius 2 is 2.45 bits per heavy atom. The summed E-state index contributed by atoms with van der Waals surface area (Å²) < 4.78 is 2.07. The van der Waals surface area contributed by atoms with Crippen molar-refractivity contribution >= 4 is 17.5 Å². The van der Waals surface area contributed by atoms with Crippen molar-refractivity contribution in [3.05, 3.63) is 41.7 Å². The summed E-state index contributed by atoms with van der Waals surface area (Å²) in [4.78, 5) is 21.3. The van der Waals surface area contributed by atoms with E-state index < -0.39 is 0 Å². The Hall–Kier alpha value is -1.75. The van der Waals surface area contributed by atoms with Crippen molar-refractivity contribution in [2.24, 2.45) is 5.92 Å². The molecule has 2 aromatic rings. The van der Waals surface area contributed by atoms with E-state index in [9.17, 15) is 4.79 Å². The zero-order valence-corrected chi connectivity index (χ0v) is 11.9. The molecule has 1 aliphatic rings. The molecule has 3 heterocycles. The first kappa shape index (κ1) is 13.2. The Bertz CT molecular complexity index is 578. The molecule has 1 aliphatic heterocycles. The Balaban J connectivity index is 1.64. The number of nitrogens with one attached hydrogen (secondary N) is 1. The number of hydrogen-bond acceptors (Lipinski definition) is 2. The second-order valence-corrected chi connectivity index (χ2v) is 5.69. The average molecular weight is 293 g/mol. The van der Waals surface area contributed by atoms with Crippen LogP contribution in [0.5, 0.6) is 0 Å². The normalized spacial score (nSPS) is 19.2. The molecule has 1 N–H and O–H groups in total. The van der Waals surface area contributed by atoms with E-state index in [-0.39, 0.29) is 5.91 Å². The number of amides is 1. The highest BCUT2D eigenvalue weighted by Gasteiger charge is 2.25. The lowest BCUT2D eigenvalue weighted by molar-refractivity contribution is 0.0657. The quantitative estimate of drug-likeness (QED) is 0.944. The van der Waals surface area contributed by atoms with E-state index in [0.29, 0.717) is 16.6 Å². The summed E-state index contributed by atoms with van der Waals surface area (Å²) in [5.41, 5.74) is 0.568. The van der Waals surface area contributed by atoms with Gasteiger partial charge in [0.2, 0.25) is 0 Å². The summed E-state index contributed by atoms with van der Waals surface area (Å²) in [7, 11) is 0. The molecule has 0 radical (unpaired) electrons. The van der Waals surface area contributed by atoms with Gasteiger partial charge in [0.25, 0.3) is 5.91 Å². The van der Waals surface area contributed by atoms with Gasteiger partial charge in [0, 0.05) is 38.2 Å². The van der Waals surface area contributed by atoms with Gasteiger partial charge in [-0.05, 0) is 24.8 Å².